The minimum absolute atomic E-state index is 0.0332. The van der Waals surface area contributed by atoms with Gasteiger partial charge in [0.15, 0.2) is 0 Å². The van der Waals surface area contributed by atoms with Crippen molar-refractivity contribution in [3.63, 3.8) is 0 Å². The van der Waals surface area contributed by atoms with Gasteiger partial charge in [-0.05, 0) is 85.9 Å². The molecule has 1 aliphatic rings. The number of piperidine rings is 1. The van der Waals surface area contributed by atoms with E-state index in [4.69, 9.17) is 9.72 Å². The maximum absolute atomic E-state index is 13.4. The summed E-state index contributed by atoms with van der Waals surface area (Å²) in [5.74, 6) is 0.729. The van der Waals surface area contributed by atoms with E-state index < -0.39 is 21.7 Å². The van der Waals surface area contributed by atoms with Gasteiger partial charge < -0.3 is 14.2 Å². The van der Waals surface area contributed by atoms with Gasteiger partial charge in [-0.25, -0.2) is 9.78 Å². The Morgan fingerprint density at radius 2 is 1.77 bits per heavy atom. The van der Waals surface area contributed by atoms with E-state index in [0.29, 0.717) is 48.4 Å². The van der Waals surface area contributed by atoms with Crippen LogP contribution in [0, 0.1) is 6.92 Å². The Balaban J connectivity index is 1.99. The first-order valence-corrected chi connectivity index (χ1v) is 13.2. The summed E-state index contributed by atoms with van der Waals surface area (Å²) < 4.78 is 23.8. The smallest absolute Gasteiger partial charge is 0.410 e. The number of carbonyl (C=O) groups excluding carboxylic acids is 1. The van der Waals surface area contributed by atoms with Crippen molar-refractivity contribution in [2.45, 2.75) is 84.5 Å². The Hall–Kier alpha value is -2.39. The molecule has 1 saturated heterocycles. The van der Waals surface area contributed by atoms with Crippen molar-refractivity contribution >= 4 is 34.1 Å². The Labute approximate surface area is 211 Å². The second-order valence-corrected chi connectivity index (χ2v) is 13.2. The van der Waals surface area contributed by atoms with Gasteiger partial charge in [-0.2, -0.15) is 0 Å². The molecule has 2 heterocycles. The zero-order valence-electron chi connectivity index (χ0n) is 22.4. The highest BCUT2D eigenvalue weighted by molar-refractivity contribution is 7.91. The third-order valence-corrected chi connectivity index (χ3v) is 7.49. The van der Waals surface area contributed by atoms with Crippen LogP contribution < -0.4 is 5.56 Å². The van der Waals surface area contributed by atoms with E-state index in [-0.39, 0.29) is 17.6 Å². The lowest BCUT2D eigenvalue weighted by Crippen LogP contribution is -2.42. The Morgan fingerprint density at radius 3 is 2.31 bits per heavy atom. The van der Waals surface area contributed by atoms with E-state index >= 15 is 0 Å². The lowest BCUT2D eigenvalue weighted by atomic mass is 9.95. The van der Waals surface area contributed by atoms with E-state index in [0.717, 1.165) is 11.1 Å². The van der Waals surface area contributed by atoms with Gasteiger partial charge in [-0.3, -0.25) is 9.36 Å². The first-order valence-electron chi connectivity index (χ1n) is 12.1. The molecule has 0 aliphatic carbocycles. The molecule has 1 amide bonds. The second kappa shape index (κ2) is 9.93. The predicted molar refractivity (Wildman–Crippen MR) is 142 cm³/mol. The molecule has 0 unspecified atom stereocenters. The first-order chi connectivity index (χ1) is 16.1. The fourth-order valence-corrected chi connectivity index (χ4v) is 4.76. The molecule has 3 rings (SSSR count). The van der Waals surface area contributed by atoms with Crippen LogP contribution in [0.3, 0.4) is 0 Å². The van der Waals surface area contributed by atoms with Crippen molar-refractivity contribution in [3.05, 3.63) is 39.4 Å². The molecule has 1 aromatic carbocycles. The van der Waals surface area contributed by atoms with Gasteiger partial charge in [0.25, 0.3) is 5.56 Å². The highest BCUT2D eigenvalue weighted by Crippen LogP contribution is 2.29. The van der Waals surface area contributed by atoms with Crippen molar-refractivity contribution in [1.29, 1.82) is 0 Å². The minimum Gasteiger partial charge on any atom is -0.591 e. The number of nitrogens with zero attached hydrogens (tertiary/aromatic N) is 4. The summed E-state index contributed by atoms with van der Waals surface area (Å²) in [6.07, 6.45) is 1.06. The number of hydrogen-bond donors (Lipinski definition) is 0. The molecular formula is C26H38N4O4S. The monoisotopic (exact) mass is 502 g/mol. The largest absolute Gasteiger partial charge is 0.591 e. The third kappa shape index (κ3) is 6.25. The van der Waals surface area contributed by atoms with Gasteiger partial charge in [-0.15, -0.1) is 0 Å². The number of fused-ring (bicyclic) bond motifs is 1. The van der Waals surface area contributed by atoms with Crippen LogP contribution in [0.4, 0.5) is 4.79 Å². The summed E-state index contributed by atoms with van der Waals surface area (Å²) in [7, 11) is 1.75. The van der Waals surface area contributed by atoms with E-state index in [1.165, 1.54) is 0 Å². The van der Waals surface area contributed by atoms with Gasteiger partial charge in [0.1, 0.15) is 27.5 Å². The molecule has 0 bridgehead atoms. The topological polar surface area (TPSA) is 99.9 Å². The quantitative estimate of drug-likeness (QED) is 0.450. The van der Waals surface area contributed by atoms with Crippen molar-refractivity contribution < 1.29 is 14.1 Å². The average molecular weight is 503 g/mol. The molecule has 0 spiro atoms. The predicted octanol–water partition coefficient (Wildman–Crippen LogP) is 4.63. The Morgan fingerprint density at radius 1 is 1.17 bits per heavy atom. The summed E-state index contributed by atoms with van der Waals surface area (Å²) in [6.45, 7) is 16.0. The summed E-state index contributed by atoms with van der Waals surface area (Å²) >= 11 is -1.43. The third-order valence-electron chi connectivity index (χ3n) is 6.00. The maximum Gasteiger partial charge on any atom is 0.410 e. The molecule has 1 aromatic heterocycles. The average Bonchev–Trinajstić information content (AvgIpc) is 2.74. The minimum atomic E-state index is -1.43. The van der Waals surface area contributed by atoms with Crippen LogP contribution in [-0.2, 0) is 23.1 Å². The zero-order valence-corrected chi connectivity index (χ0v) is 23.2. The molecule has 0 N–H and O–H groups in total. The second-order valence-electron chi connectivity index (χ2n) is 11.3. The molecule has 8 nitrogen and oxygen atoms in total. The molecular weight excluding hydrogens is 464 g/mol. The number of benzene rings is 1. The molecule has 9 heteroatoms. The molecule has 2 aromatic rings. The van der Waals surface area contributed by atoms with Crippen molar-refractivity contribution in [3.8, 4) is 0 Å². The number of likely N-dealkylation sites (tertiary alicyclic amines) is 1. The summed E-state index contributed by atoms with van der Waals surface area (Å²) in [4.78, 5) is 32.5. The normalized spacial score (nSPS) is 17.1. The highest BCUT2D eigenvalue weighted by Gasteiger charge is 2.30. The van der Waals surface area contributed by atoms with Gasteiger partial charge in [0.05, 0.1) is 16.6 Å². The molecule has 35 heavy (non-hydrogen) atoms. The fourth-order valence-electron chi connectivity index (χ4n) is 4.13. The van der Waals surface area contributed by atoms with Crippen LogP contribution in [-0.4, -0.2) is 54.2 Å². The van der Waals surface area contributed by atoms with Crippen LogP contribution in [0.15, 0.2) is 21.3 Å². The molecule has 1 aliphatic heterocycles. The summed E-state index contributed by atoms with van der Waals surface area (Å²) in [5, 5.41) is 0.522. The van der Waals surface area contributed by atoms with Gasteiger partial charge in [-0.1, -0.05) is 4.40 Å². The number of aromatic nitrogens is 2. The number of hydrogen-bond acceptors (Lipinski definition) is 6. The number of aryl methyl sites for hydroxylation is 1. The molecule has 0 radical (unpaired) electrons. The maximum atomic E-state index is 13.4. The number of amides is 1. The first kappa shape index (κ1) is 27.2. The van der Waals surface area contributed by atoms with Crippen LogP contribution in [0.5, 0.6) is 0 Å². The van der Waals surface area contributed by atoms with E-state index in [1.54, 1.807) is 16.5 Å². The van der Waals surface area contributed by atoms with E-state index in [9.17, 15) is 14.1 Å². The molecule has 1 fully saturated rings. The zero-order chi connectivity index (χ0) is 26.3. The van der Waals surface area contributed by atoms with Crippen molar-refractivity contribution in [1.82, 2.24) is 14.5 Å². The van der Waals surface area contributed by atoms with E-state index in [2.05, 4.69) is 4.40 Å². The Bertz CT molecular complexity index is 1200. The Kier molecular flexibility index (Phi) is 7.72. The van der Waals surface area contributed by atoms with Crippen LogP contribution in [0.2, 0.25) is 0 Å². The number of rotatable bonds is 3. The summed E-state index contributed by atoms with van der Waals surface area (Å²) in [5.41, 5.74) is 2.16. The fraction of sp³-hybridized carbons (Fsp3) is 0.615. The number of ether oxygens (including phenoxy) is 1. The number of carbonyl (C=O) groups is 1. The van der Waals surface area contributed by atoms with Crippen LogP contribution in [0.25, 0.3) is 10.9 Å². The SMILES string of the molecule is C/C(=N\[S@+]([O-])C(C)(C)C)c1cc(C)cc2c(=O)n(C)c(C3CCN(C(=O)OC(C)(C)C)CC3)nc12. The van der Waals surface area contributed by atoms with Crippen molar-refractivity contribution in [2.75, 3.05) is 13.1 Å². The standard InChI is InChI=1S/C26H38N4O4S/c1-16-14-19(17(2)28-35(33)26(6,7)8)21-20(15-16)23(31)29(9)22(27-21)18-10-12-30(13-11-18)24(32)34-25(3,4)5/h14-15,18H,10-13H2,1-9H3/b28-17+/t35-/m1/s1. The highest BCUT2D eigenvalue weighted by atomic mass is 32.2. The molecule has 0 saturated carbocycles. The van der Waals surface area contributed by atoms with Crippen molar-refractivity contribution in [2.24, 2.45) is 11.4 Å². The van der Waals surface area contributed by atoms with Gasteiger partial charge in [0, 0.05) is 31.6 Å². The lowest BCUT2D eigenvalue weighted by molar-refractivity contribution is 0.0202. The van der Waals surface area contributed by atoms with Crippen LogP contribution in [0.1, 0.15) is 84.2 Å². The summed E-state index contributed by atoms with van der Waals surface area (Å²) in [6, 6.07) is 3.79. The van der Waals surface area contributed by atoms with E-state index in [1.807, 2.05) is 67.5 Å². The van der Waals surface area contributed by atoms with Gasteiger partial charge in [0.2, 0.25) is 0 Å². The van der Waals surface area contributed by atoms with Gasteiger partial charge >= 0.3 is 6.09 Å². The lowest BCUT2D eigenvalue weighted by Gasteiger charge is -2.33. The molecule has 192 valence electrons. The van der Waals surface area contributed by atoms with Crippen LogP contribution >= 0.6 is 0 Å². The molecule has 1 atom stereocenters.